The number of aromatic nitrogens is 1. The number of halogens is 5. The van der Waals surface area contributed by atoms with Gasteiger partial charge in [0.05, 0.1) is 6.04 Å². The third-order valence-corrected chi connectivity index (χ3v) is 6.52. The molecule has 0 saturated carbocycles. The van der Waals surface area contributed by atoms with Crippen LogP contribution in [-0.4, -0.2) is 34.9 Å². The van der Waals surface area contributed by atoms with Crippen molar-refractivity contribution in [3.8, 4) is 5.75 Å². The topological polar surface area (TPSA) is 104 Å². The number of benzene rings is 3. The highest BCUT2D eigenvalue weighted by atomic mass is 35.5. The van der Waals surface area contributed by atoms with Gasteiger partial charge in [-0.3, -0.25) is 19.2 Å². The number of nitrogens with zero attached hydrogens (tertiary/aromatic N) is 1. The number of ether oxygens (including phenoxy) is 2. The van der Waals surface area contributed by atoms with E-state index in [1.807, 2.05) is 0 Å². The third kappa shape index (κ3) is 7.98. The number of nitrogens with one attached hydrogen (secondary N) is 1. The number of hydrogen-bond donors (Lipinski definition) is 1. The Hall–Kier alpha value is -4.71. The smallest absolute Gasteiger partial charge is 0.306 e. The number of rotatable bonds is 12. The second-order valence-corrected chi connectivity index (χ2v) is 9.77. The highest BCUT2D eigenvalue weighted by Crippen LogP contribution is 2.26. The molecule has 1 unspecified atom stereocenters. The van der Waals surface area contributed by atoms with Gasteiger partial charge in [0.15, 0.2) is 23.2 Å². The number of ketones is 1. The van der Waals surface area contributed by atoms with Crippen molar-refractivity contribution in [3.63, 3.8) is 0 Å². The molecule has 8 nitrogen and oxygen atoms in total. The lowest BCUT2D eigenvalue weighted by molar-refractivity contribution is -0.145. The fourth-order valence-electron chi connectivity index (χ4n) is 4.08. The Morgan fingerprint density at radius 3 is 2.33 bits per heavy atom. The summed E-state index contributed by atoms with van der Waals surface area (Å²) in [5, 5.41) is 3.51. The largest absolute Gasteiger partial charge is 0.479 e. The Balaban J connectivity index is 1.47. The van der Waals surface area contributed by atoms with Gasteiger partial charge in [-0.15, -0.1) is 0 Å². The first-order valence-electron chi connectivity index (χ1n) is 12.8. The van der Waals surface area contributed by atoms with Crippen LogP contribution in [0.3, 0.4) is 0 Å². The summed E-state index contributed by atoms with van der Waals surface area (Å²) in [6, 6.07) is 13.5. The average molecular weight is 619 g/mol. The number of hydrogen-bond acceptors (Lipinski definition) is 6. The quantitative estimate of drug-likeness (QED) is 0.138. The molecule has 1 amide bonds. The lowest BCUT2D eigenvalue weighted by Crippen LogP contribution is -2.45. The Bertz CT molecular complexity index is 1710. The van der Waals surface area contributed by atoms with Crippen molar-refractivity contribution in [1.29, 1.82) is 0 Å². The number of esters is 1. The molecular formula is C30H23ClF4N2O6. The molecule has 0 fully saturated rings. The molecule has 0 saturated heterocycles. The number of fused-ring (bicyclic) bond motifs is 1. The molecule has 0 aliphatic carbocycles. The molecular weight excluding hydrogens is 596 g/mol. The Kier molecular flexibility index (Phi) is 10.1. The maximum Gasteiger partial charge on any atom is 0.306 e. The molecule has 0 radical (unpaired) electrons. The molecule has 1 atom stereocenters. The number of pyridine rings is 1. The van der Waals surface area contributed by atoms with Gasteiger partial charge in [0, 0.05) is 29.1 Å². The maximum atomic E-state index is 14.0. The normalized spacial score (nSPS) is 11.7. The van der Waals surface area contributed by atoms with Crippen LogP contribution in [0.1, 0.15) is 18.4 Å². The molecule has 1 N–H and O–H groups in total. The van der Waals surface area contributed by atoms with E-state index >= 15 is 0 Å². The highest BCUT2D eigenvalue weighted by Gasteiger charge is 2.26. The molecule has 0 spiro atoms. The van der Waals surface area contributed by atoms with Crippen molar-refractivity contribution in [3.05, 3.63) is 111 Å². The minimum atomic E-state index is -1.85. The van der Waals surface area contributed by atoms with Crippen LogP contribution >= 0.6 is 11.6 Å². The summed E-state index contributed by atoms with van der Waals surface area (Å²) in [6.45, 7) is -1.70. The Morgan fingerprint density at radius 2 is 1.63 bits per heavy atom. The second-order valence-electron chi connectivity index (χ2n) is 9.34. The molecule has 4 rings (SSSR count). The molecule has 3 aromatic carbocycles. The fraction of sp³-hybridized carbons (Fsp3) is 0.200. The van der Waals surface area contributed by atoms with Crippen LogP contribution in [0.5, 0.6) is 5.75 Å². The van der Waals surface area contributed by atoms with E-state index in [-0.39, 0.29) is 30.9 Å². The lowest BCUT2D eigenvalue weighted by atomic mass is 10.1. The molecule has 43 heavy (non-hydrogen) atoms. The fourth-order valence-corrected chi connectivity index (χ4v) is 4.25. The zero-order valence-electron chi connectivity index (χ0n) is 22.3. The summed E-state index contributed by atoms with van der Waals surface area (Å²) in [6.07, 6.45) is 0.671. The van der Waals surface area contributed by atoms with Crippen LogP contribution in [0.2, 0.25) is 5.02 Å². The van der Waals surface area contributed by atoms with Gasteiger partial charge < -0.3 is 19.4 Å². The first-order valence-corrected chi connectivity index (χ1v) is 13.2. The van der Waals surface area contributed by atoms with E-state index in [1.165, 1.54) is 12.3 Å². The standard InChI is InChI=1S/C30H23ClF4N2O6/c31-19-7-6-18-10-11-37(30(41)20(18)12-19)14-25(39)36-23(8-9-26(40)42-15-17-4-2-1-3-5-17)24(38)16-43-29-27(34)21(32)13-22(33)28(29)35/h1-7,10-13,23H,8-9,14-16H2,(H,36,39). The lowest BCUT2D eigenvalue weighted by Gasteiger charge is -2.19. The van der Waals surface area contributed by atoms with Crippen molar-refractivity contribution >= 4 is 40.0 Å². The van der Waals surface area contributed by atoms with Crippen molar-refractivity contribution < 1.29 is 41.4 Å². The van der Waals surface area contributed by atoms with Gasteiger partial charge in [-0.05, 0) is 35.6 Å². The summed E-state index contributed by atoms with van der Waals surface area (Å²) in [5.74, 6) is -11.2. The van der Waals surface area contributed by atoms with E-state index in [9.17, 15) is 36.7 Å². The summed E-state index contributed by atoms with van der Waals surface area (Å²) in [5.41, 5.74) is 0.170. The van der Waals surface area contributed by atoms with Crippen LogP contribution in [-0.2, 0) is 32.3 Å². The summed E-state index contributed by atoms with van der Waals surface area (Å²) in [4.78, 5) is 51.1. The zero-order valence-corrected chi connectivity index (χ0v) is 23.0. The van der Waals surface area contributed by atoms with Gasteiger partial charge in [0.25, 0.3) is 5.56 Å². The predicted octanol–water partition coefficient (Wildman–Crippen LogP) is 4.87. The van der Waals surface area contributed by atoms with Crippen LogP contribution in [0.15, 0.2) is 71.7 Å². The minimum absolute atomic E-state index is 0.0217. The van der Waals surface area contributed by atoms with Gasteiger partial charge in [-0.1, -0.05) is 48.0 Å². The monoisotopic (exact) mass is 618 g/mol. The van der Waals surface area contributed by atoms with Crippen LogP contribution in [0.4, 0.5) is 17.6 Å². The van der Waals surface area contributed by atoms with E-state index in [1.54, 1.807) is 48.5 Å². The van der Waals surface area contributed by atoms with Gasteiger partial charge in [-0.2, -0.15) is 8.78 Å². The van der Waals surface area contributed by atoms with Crippen LogP contribution in [0, 0.1) is 23.3 Å². The van der Waals surface area contributed by atoms with Gasteiger partial charge in [0.1, 0.15) is 19.8 Å². The van der Waals surface area contributed by atoms with Crippen molar-refractivity contribution in [2.75, 3.05) is 6.61 Å². The number of Topliss-reactive ketones (excluding diaryl/α,β-unsaturated/α-hetero) is 1. The first kappa shape index (κ1) is 31.2. The van der Waals surface area contributed by atoms with E-state index in [0.29, 0.717) is 16.0 Å². The second kappa shape index (κ2) is 14.0. The molecule has 224 valence electrons. The predicted molar refractivity (Wildman–Crippen MR) is 147 cm³/mol. The van der Waals surface area contributed by atoms with Crippen LogP contribution in [0.25, 0.3) is 10.8 Å². The SMILES string of the molecule is O=C(Cn1ccc2ccc(Cl)cc2c1=O)NC(CCC(=O)OCc1ccccc1)C(=O)COc1c(F)c(F)cc(F)c1F. The third-order valence-electron chi connectivity index (χ3n) is 6.29. The first-order chi connectivity index (χ1) is 20.5. The van der Waals surface area contributed by atoms with Gasteiger partial charge in [0.2, 0.25) is 17.5 Å². The van der Waals surface area contributed by atoms with Gasteiger partial charge >= 0.3 is 5.97 Å². The maximum absolute atomic E-state index is 14.0. The van der Waals surface area contributed by atoms with E-state index < -0.39 is 71.4 Å². The van der Waals surface area contributed by atoms with E-state index in [0.717, 1.165) is 4.57 Å². The number of carbonyl (C=O) groups excluding carboxylic acids is 3. The van der Waals surface area contributed by atoms with Gasteiger partial charge in [-0.25, -0.2) is 8.78 Å². The Morgan fingerprint density at radius 1 is 0.930 bits per heavy atom. The average Bonchev–Trinajstić information content (AvgIpc) is 2.99. The molecule has 13 heteroatoms. The highest BCUT2D eigenvalue weighted by molar-refractivity contribution is 6.31. The number of carbonyl (C=O) groups is 3. The van der Waals surface area contributed by atoms with Crippen molar-refractivity contribution in [2.24, 2.45) is 0 Å². The molecule has 4 aromatic rings. The zero-order chi connectivity index (χ0) is 31.1. The number of amides is 1. The molecule has 1 aromatic heterocycles. The summed E-state index contributed by atoms with van der Waals surface area (Å²) < 4.78 is 66.1. The summed E-state index contributed by atoms with van der Waals surface area (Å²) >= 11 is 5.98. The van der Waals surface area contributed by atoms with Crippen LogP contribution < -0.4 is 15.6 Å². The van der Waals surface area contributed by atoms with E-state index in [2.05, 4.69) is 5.32 Å². The summed E-state index contributed by atoms with van der Waals surface area (Å²) in [7, 11) is 0. The Labute approximate surface area is 246 Å². The molecule has 0 aliphatic heterocycles. The minimum Gasteiger partial charge on any atom is -0.479 e. The molecule has 0 aliphatic rings. The van der Waals surface area contributed by atoms with Crippen molar-refractivity contribution in [2.45, 2.75) is 32.0 Å². The molecule has 0 bridgehead atoms. The molecule has 1 heterocycles. The van der Waals surface area contributed by atoms with E-state index in [4.69, 9.17) is 21.1 Å². The van der Waals surface area contributed by atoms with Crippen molar-refractivity contribution in [1.82, 2.24) is 9.88 Å².